The highest BCUT2D eigenvalue weighted by Crippen LogP contribution is 2.32. The van der Waals surface area contributed by atoms with Crippen molar-refractivity contribution in [3.8, 4) is 0 Å². The van der Waals surface area contributed by atoms with Crippen molar-refractivity contribution in [2.75, 3.05) is 18.4 Å². The molecule has 120 valence electrons. The predicted molar refractivity (Wildman–Crippen MR) is 82.4 cm³/mol. The minimum Gasteiger partial charge on any atom is -0.339 e. The smallest absolute Gasteiger partial charge is 0.319 e. The summed E-state index contributed by atoms with van der Waals surface area (Å²) in [6, 6.07) is 0.226. The van der Waals surface area contributed by atoms with Gasteiger partial charge in [-0.25, -0.2) is 4.79 Å². The van der Waals surface area contributed by atoms with E-state index in [4.69, 9.17) is 0 Å². The van der Waals surface area contributed by atoms with Gasteiger partial charge in [0, 0.05) is 44.2 Å². The summed E-state index contributed by atoms with van der Waals surface area (Å²) in [6.07, 6.45) is 7.27. The molecule has 0 aromatic carbocycles. The van der Waals surface area contributed by atoms with Crippen molar-refractivity contribution in [1.82, 2.24) is 20.0 Å². The molecule has 2 heterocycles. The topological polar surface area (TPSA) is 79.3 Å². The zero-order valence-electron chi connectivity index (χ0n) is 12.9. The number of hydrogen-bond acceptors (Lipinski definition) is 3. The number of anilines is 1. The number of likely N-dealkylation sites (tertiary alicyclic amines) is 1. The van der Waals surface area contributed by atoms with Crippen LogP contribution in [-0.4, -0.2) is 45.8 Å². The SMILES string of the molecule is CCCn1cc(NC(=O)NC[C@H]2CC(=O)N(C3CC3)C2)cn1. The van der Waals surface area contributed by atoms with Gasteiger partial charge >= 0.3 is 6.03 Å². The quantitative estimate of drug-likeness (QED) is 0.834. The van der Waals surface area contributed by atoms with E-state index < -0.39 is 0 Å². The fourth-order valence-corrected chi connectivity index (χ4v) is 2.88. The molecule has 22 heavy (non-hydrogen) atoms. The Labute approximate surface area is 130 Å². The maximum atomic E-state index is 11.9. The van der Waals surface area contributed by atoms with Crippen LogP contribution < -0.4 is 10.6 Å². The normalized spacial score (nSPS) is 21.2. The minimum absolute atomic E-state index is 0.224. The summed E-state index contributed by atoms with van der Waals surface area (Å²) >= 11 is 0. The van der Waals surface area contributed by atoms with Crippen LogP contribution in [0.1, 0.15) is 32.6 Å². The summed E-state index contributed by atoms with van der Waals surface area (Å²) < 4.78 is 1.80. The molecule has 3 amide bonds. The molecule has 2 aliphatic rings. The third-order valence-corrected chi connectivity index (χ3v) is 4.12. The zero-order chi connectivity index (χ0) is 15.5. The first kappa shape index (κ1) is 14.9. The van der Waals surface area contributed by atoms with Crippen LogP contribution >= 0.6 is 0 Å². The number of carbonyl (C=O) groups excluding carboxylic acids is 2. The Hall–Kier alpha value is -2.05. The molecule has 1 atom stereocenters. The molecule has 0 radical (unpaired) electrons. The summed E-state index contributed by atoms with van der Waals surface area (Å²) in [5.74, 6) is 0.456. The Bertz CT molecular complexity index is 552. The third kappa shape index (κ3) is 3.58. The van der Waals surface area contributed by atoms with Crippen LogP contribution in [0, 0.1) is 5.92 Å². The summed E-state index contributed by atoms with van der Waals surface area (Å²) in [5, 5.41) is 9.78. The van der Waals surface area contributed by atoms with Gasteiger partial charge in [-0.3, -0.25) is 9.48 Å². The average Bonchev–Trinajstić information content (AvgIpc) is 3.13. The Balaban J connectivity index is 1.41. The standard InChI is InChI=1S/C15H23N5O2/c1-2-5-19-10-12(8-17-19)18-15(22)16-7-11-6-14(21)20(9-11)13-3-4-13/h8,10-11,13H,2-7,9H2,1H3,(H2,16,18,22)/t11-/m1/s1. The van der Waals surface area contributed by atoms with Gasteiger partial charge in [0.05, 0.1) is 11.9 Å². The number of rotatable bonds is 6. The summed E-state index contributed by atoms with van der Waals surface area (Å²) in [4.78, 5) is 25.7. The Morgan fingerprint density at radius 1 is 1.45 bits per heavy atom. The zero-order valence-corrected chi connectivity index (χ0v) is 12.9. The lowest BCUT2D eigenvalue weighted by Gasteiger charge is -2.15. The van der Waals surface area contributed by atoms with E-state index in [1.54, 1.807) is 10.9 Å². The monoisotopic (exact) mass is 305 g/mol. The van der Waals surface area contributed by atoms with E-state index in [1.165, 1.54) is 0 Å². The molecule has 7 nitrogen and oxygen atoms in total. The highest BCUT2D eigenvalue weighted by atomic mass is 16.2. The van der Waals surface area contributed by atoms with Gasteiger partial charge in [-0.2, -0.15) is 5.10 Å². The van der Waals surface area contributed by atoms with Crippen molar-refractivity contribution in [2.24, 2.45) is 5.92 Å². The molecule has 2 N–H and O–H groups in total. The van der Waals surface area contributed by atoms with Gasteiger partial charge in [0.25, 0.3) is 0 Å². The second-order valence-electron chi connectivity index (χ2n) is 6.17. The first-order chi connectivity index (χ1) is 10.7. The van der Waals surface area contributed by atoms with Crippen molar-refractivity contribution >= 4 is 17.6 Å². The van der Waals surface area contributed by atoms with Crippen LogP contribution in [0.2, 0.25) is 0 Å². The van der Waals surface area contributed by atoms with Crippen LogP contribution in [0.15, 0.2) is 12.4 Å². The summed E-state index contributed by atoms with van der Waals surface area (Å²) in [7, 11) is 0. The third-order valence-electron chi connectivity index (χ3n) is 4.12. The van der Waals surface area contributed by atoms with Gasteiger partial charge in [0.15, 0.2) is 0 Å². The van der Waals surface area contributed by atoms with E-state index in [2.05, 4.69) is 22.7 Å². The average molecular weight is 305 g/mol. The van der Waals surface area contributed by atoms with Gasteiger partial charge in [-0.15, -0.1) is 0 Å². The fraction of sp³-hybridized carbons (Fsp3) is 0.667. The van der Waals surface area contributed by atoms with Crippen LogP contribution in [0.3, 0.4) is 0 Å². The number of aromatic nitrogens is 2. The summed E-state index contributed by atoms with van der Waals surface area (Å²) in [5.41, 5.74) is 0.688. The lowest BCUT2D eigenvalue weighted by molar-refractivity contribution is -0.128. The molecule has 1 saturated heterocycles. The Morgan fingerprint density at radius 2 is 2.27 bits per heavy atom. The van der Waals surface area contributed by atoms with Crippen molar-refractivity contribution in [3.63, 3.8) is 0 Å². The second-order valence-corrected chi connectivity index (χ2v) is 6.17. The Morgan fingerprint density at radius 3 is 3.00 bits per heavy atom. The van der Waals surface area contributed by atoms with E-state index in [-0.39, 0.29) is 17.9 Å². The lowest BCUT2D eigenvalue weighted by atomic mass is 10.1. The number of urea groups is 1. The van der Waals surface area contributed by atoms with Crippen molar-refractivity contribution in [3.05, 3.63) is 12.4 Å². The summed E-state index contributed by atoms with van der Waals surface area (Å²) in [6.45, 7) is 4.22. The maximum absolute atomic E-state index is 11.9. The van der Waals surface area contributed by atoms with Crippen molar-refractivity contribution in [2.45, 2.75) is 45.2 Å². The molecule has 7 heteroatoms. The van der Waals surface area contributed by atoms with Crippen LogP contribution in [-0.2, 0) is 11.3 Å². The second kappa shape index (κ2) is 6.37. The number of amides is 3. The first-order valence-corrected chi connectivity index (χ1v) is 8.02. The van der Waals surface area contributed by atoms with Gasteiger partial charge in [-0.1, -0.05) is 6.92 Å². The van der Waals surface area contributed by atoms with E-state index >= 15 is 0 Å². The van der Waals surface area contributed by atoms with Gasteiger partial charge < -0.3 is 15.5 Å². The van der Waals surface area contributed by atoms with Gasteiger partial charge in [0.1, 0.15) is 0 Å². The molecule has 1 aliphatic heterocycles. The molecular formula is C15H23N5O2. The Kier molecular flexibility index (Phi) is 4.31. The fourth-order valence-electron chi connectivity index (χ4n) is 2.88. The molecule has 0 unspecified atom stereocenters. The molecule has 1 saturated carbocycles. The molecular weight excluding hydrogens is 282 g/mol. The van der Waals surface area contributed by atoms with E-state index in [0.717, 1.165) is 32.4 Å². The van der Waals surface area contributed by atoms with Gasteiger partial charge in [-0.05, 0) is 19.3 Å². The molecule has 0 spiro atoms. The lowest BCUT2D eigenvalue weighted by Crippen LogP contribution is -2.34. The van der Waals surface area contributed by atoms with E-state index in [0.29, 0.717) is 24.7 Å². The van der Waals surface area contributed by atoms with Crippen molar-refractivity contribution < 1.29 is 9.59 Å². The highest BCUT2D eigenvalue weighted by molar-refractivity contribution is 5.89. The highest BCUT2D eigenvalue weighted by Gasteiger charge is 2.39. The number of nitrogens with one attached hydrogen (secondary N) is 2. The van der Waals surface area contributed by atoms with E-state index in [9.17, 15) is 9.59 Å². The van der Waals surface area contributed by atoms with Crippen LogP contribution in [0.4, 0.5) is 10.5 Å². The number of nitrogens with zero attached hydrogens (tertiary/aromatic N) is 3. The molecule has 3 rings (SSSR count). The van der Waals surface area contributed by atoms with E-state index in [1.807, 2.05) is 11.1 Å². The first-order valence-electron chi connectivity index (χ1n) is 8.02. The molecule has 1 aromatic rings. The molecule has 1 aromatic heterocycles. The predicted octanol–water partition coefficient (Wildman–Crippen LogP) is 1.43. The number of aryl methyl sites for hydroxylation is 1. The molecule has 1 aliphatic carbocycles. The molecule has 0 bridgehead atoms. The number of hydrogen-bond donors (Lipinski definition) is 2. The molecule has 2 fully saturated rings. The largest absolute Gasteiger partial charge is 0.339 e. The van der Waals surface area contributed by atoms with Crippen LogP contribution in [0.5, 0.6) is 0 Å². The minimum atomic E-state index is -0.242. The van der Waals surface area contributed by atoms with Crippen LogP contribution in [0.25, 0.3) is 0 Å². The maximum Gasteiger partial charge on any atom is 0.319 e. The number of carbonyl (C=O) groups is 2. The van der Waals surface area contributed by atoms with Crippen molar-refractivity contribution in [1.29, 1.82) is 0 Å². The van der Waals surface area contributed by atoms with Gasteiger partial charge in [0.2, 0.25) is 5.91 Å².